The number of rotatable bonds is 3. The number of benzene rings is 1. The second-order valence-corrected chi connectivity index (χ2v) is 7.01. The number of aromatic nitrogens is 2. The number of para-hydroxylation sites is 1. The summed E-state index contributed by atoms with van der Waals surface area (Å²) in [6.45, 7) is 4.45. The predicted molar refractivity (Wildman–Crippen MR) is 85.6 cm³/mol. The van der Waals surface area contributed by atoms with Crippen molar-refractivity contribution >= 4 is 5.82 Å². The lowest BCUT2D eigenvalue weighted by Gasteiger charge is -2.13. The predicted octanol–water partition coefficient (Wildman–Crippen LogP) is 4.09. The average Bonchev–Trinajstić information content (AvgIpc) is 2.94. The lowest BCUT2D eigenvalue weighted by molar-refractivity contribution is 0.592. The third-order valence-electron chi connectivity index (χ3n) is 5.20. The maximum Gasteiger partial charge on any atom is 0.130 e. The monoisotopic (exact) mass is 281 g/mol. The van der Waals surface area contributed by atoms with E-state index >= 15 is 0 Å². The highest BCUT2D eigenvalue weighted by Gasteiger charge is 2.47. The van der Waals surface area contributed by atoms with Crippen LogP contribution in [-0.2, 0) is 0 Å². The second kappa shape index (κ2) is 4.62. The lowest BCUT2D eigenvalue weighted by atomic mass is 9.92. The van der Waals surface area contributed by atoms with Crippen LogP contribution in [0.15, 0.2) is 30.3 Å². The zero-order valence-corrected chi connectivity index (χ0v) is 12.8. The van der Waals surface area contributed by atoms with Crippen LogP contribution in [0.5, 0.6) is 0 Å². The van der Waals surface area contributed by atoms with Crippen molar-refractivity contribution in [2.75, 3.05) is 5.73 Å². The number of hydrogen-bond acceptors (Lipinski definition) is 2. The first-order chi connectivity index (χ1) is 10.1. The summed E-state index contributed by atoms with van der Waals surface area (Å²) >= 11 is 0. The Morgan fingerprint density at radius 1 is 1.10 bits per heavy atom. The van der Waals surface area contributed by atoms with Gasteiger partial charge in [-0.05, 0) is 49.1 Å². The van der Waals surface area contributed by atoms with Crippen molar-refractivity contribution < 1.29 is 0 Å². The van der Waals surface area contributed by atoms with Crippen LogP contribution in [0.4, 0.5) is 5.82 Å². The molecule has 2 atom stereocenters. The van der Waals surface area contributed by atoms with Crippen LogP contribution in [0.2, 0.25) is 0 Å². The molecule has 2 N–H and O–H groups in total. The van der Waals surface area contributed by atoms with Crippen LogP contribution in [0.1, 0.15) is 56.2 Å². The summed E-state index contributed by atoms with van der Waals surface area (Å²) in [6.07, 6.45) is 4.08. The van der Waals surface area contributed by atoms with E-state index in [9.17, 15) is 0 Å². The van der Waals surface area contributed by atoms with E-state index in [2.05, 4.69) is 26.0 Å². The molecule has 21 heavy (non-hydrogen) atoms. The molecule has 2 aliphatic rings. The summed E-state index contributed by atoms with van der Waals surface area (Å²) in [7, 11) is 0. The fraction of sp³-hybridized carbons (Fsp3) is 0.500. The van der Waals surface area contributed by atoms with Gasteiger partial charge in [0, 0.05) is 11.5 Å². The molecule has 110 valence electrons. The maximum absolute atomic E-state index is 6.45. The molecule has 0 amide bonds. The maximum atomic E-state index is 6.45. The SMILES string of the molecule is CC(C)c1c(C2CC3CC3C2)nn(-c2ccccc2)c1N. The average molecular weight is 281 g/mol. The molecular weight excluding hydrogens is 258 g/mol. The van der Waals surface area contributed by atoms with Gasteiger partial charge >= 0.3 is 0 Å². The minimum atomic E-state index is 0.425. The number of fused-ring (bicyclic) bond motifs is 1. The molecule has 2 aliphatic carbocycles. The first-order valence-electron chi connectivity index (χ1n) is 8.09. The summed E-state index contributed by atoms with van der Waals surface area (Å²) in [4.78, 5) is 0. The second-order valence-electron chi connectivity index (χ2n) is 7.01. The topological polar surface area (TPSA) is 43.8 Å². The molecule has 2 aromatic rings. The molecule has 0 radical (unpaired) electrons. The molecule has 3 nitrogen and oxygen atoms in total. The number of nitrogen functional groups attached to an aromatic ring is 1. The van der Waals surface area contributed by atoms with Gasteiger partial charge in [0.2, 0.25) is 0 Å². The quantitative estimate of drug-likeness (QED) is 0.920. The molecule has 2 saturated carbocycles. The summed E-state index contributed by atoms with van der Waals surface area (Å²) < 4.78 is 1.94. The molecule has 0 spiro atoms. The van der Waals surface area contributed by atoms with Gasteiger partial charge in [-0.25, -0.2) is 4.68 Å². The van der Waals surface area contributed by atoms with E-state index in [-0.39, 0.29) is 0 Å². The Kier molecular flexibility index (Phi) is 2.84. The van der Waals surface area contributed by atoms with Crippen molar-refractivity contribution in [3.8, 4) is 5.69 Å². The standard InChI is InChI=1S/C18H23N3/c1-11(2)16-17(14-9-12-8-13(12)10-14)20-21(18(16)19)15-6-4-3-5-7-15/h3-7,11-14H,8-10,19H2,1-2H3. The molecule has 1 heterocycles. The van der Waals surface area contributed by atoms with Gasteiger partial charge in [0.05, 0.1) is 11.4 Å². The number of nitrogens with two attached hydrogens (primary N) is 1. The van der Waals surface area contributed by atoms with E-state index in [1.165, 1.54) is 30.5 Å². The van der Waals surface area contributed by atoms with Crippen molar-refractivity contribution in [1.29, 1.82) is 0 Å². The Hall–Kier alpha value is -1.77. The van der Waals surface area contributed by atoms with Crippen LogP contribution in [-0.4, -0.2) is 9.78 Å². The van der Waals surface area contributed by atoms with Crippen LogP contribution < -0.4 is 5.73 Å². The molecule has 2 fully saturated rings. The molecule has 4 rings (SSSR count). The van der Waals surface area contributed by atoms with Gasteiger partial charge in [-0.3, -0.25) is 0 Å². The Bertz CT molecular complexity index is 647. The fourth-order valence-electron chi connectivity index (χ4n) is 4.06. The van der Waals surface area contributed by atoms with E-state index in [1.807, 2.05) is 22.9 Å². The van der Waals surface area contributed by atoms with E-state index in [1.54, 1.807) is 0 Å². The first kappa shape index (κ1) is 12.9. The molecular formula is C18H23N3. The Morgan fingerprint density at radius 2 is 1.76 bits per heavy atom. The highest BCUT2D eigenvalue weighted by molar-refractivity contribution is 5.52. The number of hydrogen-bond donors (Lipinski definition) is 1. The Balaban J connectivity index is 1.79. The minimum Gasteiger partial charge on any atom is -0.383 e. The summed E-state index contributed by atoms with van der Waals surface area (Å²) in [6, 6.07) is 10.2. The third-order valence-corrected chi connectivity index (χ3v) is 5.20. The number of anilines is 1. The van der Waals surface area contributed by atoms with E-state index < -0.39 is 0 Å². The largest absolute Gasteiger partial charge is 0.383 e. The molecule has 0 bridgehead atoms. The van der Waals surface area contributed by atoms with Gasteiger partial charge in [-0.1, -0.05) is 32.0 Å². The lowest BCUT2D eigenvalue weighted by Crippen LogP contribution is -2.03. The van der Waals surface area contributed by atoms with Crippen LogP contribution in [0.25, 0.3) is 5.69 Å². The van der Waals surface area contributed by atoms with Crippen molar-refractivity contribution in [2.24, 2.45) is 11.8 Å². The zero-order chi connectivity index (χ0) is 14.6. The summed E-state index contributed by atoms with van der Waals surface area (Å²) in [5.41, 5.74) is 10.0. The van der Waals surface area contributed by atoms with Crippen molar-refractivity contribution in [3.63, 3.8) is 0 Å². The van der Waals surface area contributed by atoms with Gasteiger partial charge in [-0.15, -0.1) is 0 Å². The van der Waals surface area contributed by atoms with Crippen molar-refractivity contribution in [3.05, 3.63) is 41.6 Å². The van der Waals surface area contributed by atoms with E-state index in [0.29, 0.717) is 11.8 Å². The summed E-state index contributed by atoms with van der Waals surface area (Å²) in [5, 5.41) is 4.93. The van der Waals surface area contributed by atoms with E-state index in [0.717, 1.165) is 23.3 Å². The van der Waals surface area contributed by atoms with Crippen molar-refractivity contribution in [1.82, 2.24) is 9.78 Å². The van der Waals surface area contributed by atoms with Crippen molar-refractivity contribution in [2.45, 2.75) is 44.9 Å². The Labute approximate surface area is 126 Å². The molecule has 1 aromatic carbocycles. The van der Waals surface area contributed by atoms with Gasteiger partial charge in [0.15, 0.2) is 0 Å². The molecule has 0 aliphatic heterocycles. The van der Waals surface area contributed by atoms with Gasteiger partial charge in [0.1, 0.15) is 5.82 Å². The van der Waals surface area contributed by atoms with Gasteiger partial charge in [-0.2, -0.15) is 5.10 Å². The van der Waals surface area contributed by atoms with E-state index in [4.69, 9.17) is 10.8 Å². The fourth-order valence-corrected chi connectivity index (χ4v) is 4.06. The summed E-state index contributed by atoms with van der Waals surface area (Å²) in [5.74, 6) is 3.82. The third kappa shape index (κ3) is 2.06. The molecule has 1 aromatic heterocycles. The minimum absolute atomic E-state index is 0.425. The highest BCUT2D eigenvalue weighted by atomic mass is 15.3. The molecule has 2 unspecified atom stereocenters. The van der Waals surface area contributed by atoms with Gasteiger partial charge in [0.25, 0.3) is 0 Å². The molecule has 0 saturated heterocycles. The van der Waals surface area contributed by atoms with Crippen LogP contribution >= 0.6 is 0 Å². The smallest absolute Gasteiger partial charge is 0.130 e. The molecule has 3 heteroatoms. The number of nitrogens with zero attached hydrogens (tertiary/aromatic N) is 2. The first-order valence-corrected chi connectivity index (χ1v) is 8.09. The van der Waals surface area contributed by atoms with Crippen LogP contribution in [0, 0.1) is 11.8 Å². The Morgan fingerprint density at radius 3 is 2.38 bits per heavy atom. The van der Waals surface area contributed by atoms with Crippen LogP contribution in [0.3, 0.4) is 0 Å². The zero-order valence-electron chi connectivity index (χ0n) is 12.8. The normalized spacial score (nSPS) is 27.1. The highest BCUT2D eigenvalue weighted by Crippen LogP contribution is 2.58. The van der Waals surface area contributed by atoms with Gasteiger partial charge < -0.3 is 5.73 Å².